The molecule has 10 nitrogen and oxygen atoms in total. The predicted octanol–water partition coefficient (Wildman–Crippen LogP) is 3.32. The topological polar surface area (TPSA) is 113 Å². The van der Waals surface area contributed by atoms with E-state index in [0.29, 0.717) is 50.6 Å². The van der Waals surface area contributed by atoms with E-state index in [-0.39, 0.29) is 22.1 Å². The van der Waals surface area contributed by atoms with Crippen LogP contribution in [0.4, 0.5) is 17.1 Å². The highest BCUT2D eigenvalue weighted by Gasteiger charge is 2.32. The van der Waals surface area contributed by atoms with Gasteiger partial charge in [-0.3, -0.25) is 19.2 Å². The Labute approximate surface area is 214 Å². The highest BCUT2D eigenvalue weighted by Crippen LogP contribution is 2.34. The number of nitrogens with zero attached hydrogens (tertiary/aromatic N) is 4. The second kappa shape index (κ2) is 9.74. The van der Waals surface area contributed by atoms with Crippen LogP contribution in [0, 0.1) is 10.1 Å². The predicted molar refractivity (Wildman–Crippen MR) is 139 cm³/mol. The summed E-state index contributed by atoms with van der Waals surface area (Å²) in [6.07, 6.45) is 0.635. The molecule has 11 heteroatoms. The molecule has 2 aliphatic rings. The third-order valence-electron chi connectivity index (χ3n) is 6.83. The van der Waals surface area contributed by atoms with Gasteiger partial charge in [0, 0.05) is 50.5 Å². The smallest absolute Gasteiger partial charge is 0.269 e. The Hall–Kier alpha value is -4.12. The minimum atomic E-state index is -3.87. The SMILES string of the molecule is COc1ccc(S(=O)(=O)N2CCc3ccccc32)cc1C(=O)N1CCN(c2ccc([N+](=O)[O-])cc2)CC1. The van der Waals surface area contributed by atoms with Gasteiger partial charge in [0.05, 0.1) is 28.2 Å². The van der Waals surface area contributed by atoms with Crippen LogP contribution in [0.5, 0.6) is 5.75 Å². The van der Waals surface area contributed by atoms with Crippen molar-refractivity contribution in [2.75, 3.05) is 49.0 Å². The molecule has 192 valence electrons. The molecule has 1 amide bonds. The number of nitro groups is 1. The quantitative estimate of drug-likeness (QED) is 0.360. The summed E-state index contributed by atoms with van der Waals surface area (Å²) in [4.78, 5) is 27.7. The van der Waals surface area contributed by atoms with E-state index in [0.717, 1.165) is 11.3 Å². The molecule has 5 rings (SSSR count). The van der Waals surface area contributed by atoms with Crippen molar-refractivity contribution in [3.05, 3.63) is 88.0 Å². The van der Waals surface area contributed by atoms with Gasteiger partial charge in [0.25, 0.3) is 21.6 Å². The number of methoxy groups -OCH3 is 1. The fourth-order valence-corrected chi connectivity index (χ4v) is 6.35. The molecule has 2 aliphatic heterocycles. The Morgan fingerprint density at radius 3 is 2.32 bits per heavy atom. The second-order valence-electron chi connectivity index (χ2n) is 8.87. The van der Waals surface area contributed by atoms with Crippen molar-refractivity contribution in [3.63, 3.8) is 0 Å². The van der Waals surface area contributed by atoms with Crippen molar-refractivity contribution >= 4 is 33.0 Å². The molecule has 0 aliphatic carbocycles. The zero-order chi connectivity index (χ0) is 26.2. The molecule has 0 bridgehead atoms. The molecular weight excluding hydrogens is 496 g/mol. The molecule has 0 radical (unpaired) electrons. The maximum Gasteiger partial charge on any atom is 0.269 e. The fraction of sp³-hybridized carbons (Fsp3) is 0.269. The fourth-order valence-electron chi connectivity index (χ4n) is 4.82. The number of amides is 1. The minimum Gasteiger partial charge on any atom is -0.496 e. The molecule has 0 saturated carbocycles. The summed E-state index contributed by atoms with van der Waals surface area (Å²) in [5.74, 6) is 0.00245. The number of ether oxygens (including phenoxy) is 1. The van der Waals surface area contributed by atoms with E-state index in [9.17, 15) is 23.3 Å². The largest absolute Gasteiger partial charge is 0.496 e. The number of piperazine rings is 1. The van der Waals surface area contributed by atoms with Crippen molar-refractivity contribution in [2.24, 2.45) is 0 Å². The highest BCUT2D eigenvalue weighted by molar-refractivity contribution is 7.92. The Morgan fingerprint density at radius 1 is 0.946 bits per heavy atom. The minimum absolute atomic E-state index is 0.0249. The van der Waals surface area contributed by atoms with Crippen molar-refractivity contribution in [3.8, 4) is 5.75 Å². The normalized spacial score (nSPS) is 15.4. The summed E-state index contributed by atoms with van der Waals surface area (Å²) in [5.41, 5.74) is 2.70. The van der Waals surface area contributed by atoms with Crippen LogP contribution in [-0.4, -0.2) is 64.0 Å². The zero-order valence-corrected chi connectivity index (χ0v) is 21.1. The number of non-ortho nitro benzene ring substituents is 1. The summed E-state index contributed by atoms with van der Waals surface area (Å²) in [5, 5.41) is 10.9. The number of fused-ring (bicyclic) bond motifs is 1. The Kier molecular flexibility index (Phi) is 6.46. The summed E-state index contributed by atoms with van der Waals surface area (Å²) in [6, 6.07) is 18.1. The van der Waals surface area contributed by atoms with Crippen LogP contribution in [0.25, 0.3) is 0 Å². The molecule has 0 spiro atoms. The molecule has 37 heavy (non-hydrogen) atoms. The number of carbonyl (C=O) groups is 1. The molecule has 3 aromatic rings. The van der Waals surface area contributed by atoms with Crippen LogP contribution in [-0.2, 0) is 16.4 Å². The standard InChI is InChI=1S/C26H26N4O6S/c1-36-25-11-10-22(37(34,35)29-13-12-19-4-2-3-5-24(19)29)18-23(25)26(31)28-16-14-27(15-17-28)20-6-8-21(9-7-20)30(32)33/h2-11,18H,12-17H2,1H3. The monoisotopic (exact) mass is 522 g/mol. The number of hydrogen-bond acceptors (Lipinski definition) is 7. The van der Waals surface area contributed by atoms with Gasteiger partial charge in [0.2, 0.25) is 0 Å². The van der Waals surface area contributed by atoms with E-state index < -0.39 is 14.9 Å². The summed E-state index contributed by atoms with van der Waals surface area (Å²) in [7, 11) is -2.42. The van der Waals surface area contributed by atoms with Gasteiger partial charge in [-0.25, -0.2) is 8.42 Å². The van der Waals surface area contributed by atoms with Crippen LogP contribution in [0.15, 0.2) is 71.6 Å². The van der Waals surface area contributed by atoms with Gasteiger partial charge < -0.3 is 14.5 Å². The first kappa shape index (κ1) is 24.6. The van der Waals surface area contributed by atoms with Crippen molar-refractivity contribution in [1.29, 1.82) is 0 Å². The van der Waals surface area contributed by atoms with Crippen LogP contribution < -0.4 is 13.9 Å². The highest BCUT2D eigenvalue weighted by atomic mass is 32.2. The molecule has 1 fully saturated rings. The average molecular weight is 523 g/mol. The van der Waals surface area contributed by atoms with Gasteiger partial charge in [-0.2, -0.15) is 0 Å². The summed E-state index contributed by atoms with van der Waals surface area (Å²) < 4.78 is 33.8. The molecule has 1 saturated heterocycles. The first-order valence-electron chi connectivity index (χ1n) is 11.9. The van der Waals surface area contributed by atoms with E-state index in [4.69, 9.17) is 4.74 Å². The number of hydrogen-bond donors (Lipinski definition) is 0. The summed E-state index contributed by atoms with van der Waals surface area (Å²) in [6.45, 7) is 2.25. The molecular formula is C26H26N4O6S. The van der Waals surface area contributed by atoms with Crippen molar-refractivity contribution < 1.29 is 22.9 Å². The number of nitro benzene ring substituents is 1. The lowest BCUT2D eigenvalue weighted by atomic mass is 10.1. The van der Waals surface area contributed by atoms with Crippen LogP contribution in [0.3, 0.4) is 0 Å². The Morgan fingerprint density at radius 2 is 1.65 bits per heavy atom. The number of sulfonamides is 1. The number of carbonyl (C=O) groups excluding carboxylic acids is 1. The maximum atomic E-state index is 13.5. The number of rotatable bonds is 6. The van der Waals surface area contributed by atoms with Gasteiger partial charge in [-0.1, -0.05) is 18.2 Å². The maximum absolute atomic E-state index is 13.5. The first-order valence-corrected chi connectivity index (χ1v) is 13.3. The zero-order valence-electron chi connectivity index (χ0n) is 20.2. The van der Waals surface area contributed by atoms with Crippen molar-refractivity contribution in [1.82, 2.24) is 4.90 Å². The van der Waals surface area contributed by atoms with Gasteiger partial charge in [-0.15, -0.1) is 0 Å². The van der Waals surface area contributed by atoms with Crippen LogP contribution >= 0.6 is 0 Å². The van der Waals surface area contributed by atoms with E-state index in [1.165, 1.54) is 41.7 Å². The number of benzene rings is 3. The second-order valence-corrected chi connectivity index (χ2v) is 10.7. The Balaban J connectivity index is 1.35. The van der Waals surface area contributed by atoms with Crippen LogP contribution in [0.2, 0.25) is 0 Å². The van der Waals surface area contributed by atoms with Gasteiger partial charge in [0.15, 0.2) is 0 Å². The van der Waals surface area contributed by atoms with Crippen molar-refractivity contribution in [2.45, 2.75) is 11.3 Å². The molecule has 0 atom stereocenters. The average Bonchev–Trinajstić information content (AvgIpc) is 3.37. The number of para-hydroxylation sites is 1. The lowest BCUT2D eigenvalue weighted by molar-refractivity contribution is -0.384. The molecule has 2 heterocycles. The molecule has 0 unspecified atom stereocenters. The van der Waals surface area contributed by atoms with Gasteiger partial charge >= 0.3 is 0 Å². The summed E-state index contributed by atoms with van der Waals surface area (Å²) >= 11 is 0. The third-order valence-corrected chi connectivity index (χ3v) is 8.64. The van der Waals surface area contributed by atoms with E-state index >= 15 is 0 Å². The molecule has 3 aromatic carbocycles. The first-order chi connectivity index (χ1) is 17.8. The third kappa shape index (κ3) is 4.57. The van der Waals surface area contributed by atoms with E-state index in [2.05, 4.69) is 4.90 Å². The van der Waals surface area contributed by atoms with Gasteiger partial charge in [-0.05, 0) is 48.4 Å². The van der Waals surface area contributed by atoms with E-state index in [1.54, 1.807) is 23.1 Å². The lowest BCUT2D eigenvalue weighted by Crippen LogP contribution is -2.48. The molecule has 0 N–H and O–H groups in total. The lowest BCUT2D eigenvalue weighted by Gasteiger charge is -2.36. The molecule has 0 aromatic heterocycles. The van der Waals surface area contributed by atoms with E-state index in [1.807, 2.05) is 18.2 Å². The van der Waals surface area contributed by atoms with Crippen LogP contribution in [0.1, 0.15) is 15.9 Å². The van der Waals surface area contributed by atoms with Gasteiger partial charge in [0.1, 0.15) is 5.75 Å². The number of anilines is 2. The Bertz CT molecular complexity index is 1450.